The average molecular weight is 514 g/mol. The van der Waals surface area contributed by atoms with Gasteiger partial charge in [-0.1, -0.05) is 6.07 Å². The number of nitrogens with one attached hydrogen (secondary N) is 2. The van der Waals surface area contributed by atoms with E-state index in [9.17, 15) is 13.0 Å². The molecule has 5 nitrogen and oxygen atoms in total. The fourth-order valence-corrected chi connectivity index (χ4v) is 3.73. The monoisotopic (exact) mass is 514 g/mol. The molecule has 2 atom stereocenters. The normalized spacial score (nSPS) is 18.8. The van der Waals surface area contributed by atoms with Gasteiger partial charge < -0.3 is 15.5 Å². The molecule has 0 aliphatic carbocycles. The number of hydrogen-bond acceptors (Lipinski definition) is 3. The second-order valence-corrected chi connectivity index (χ2v) is 9.63. The van der Waals surface area contributed by atoms with Gasteiger partial charge in [-0.25, -0.2) is 8.78 Å². The van der Waals surface area contributed by atoms with Crippen LogP contribution in [0.4, 0.5) is 14.5 Å². The highest BCUT2D eigenvalue weighted by atomic mass is 127. The number of nitrogens with zero attached hydrogens (tertiary/aromatic N) is 2. The van der Waals surface area contributed by atoms with Crippen molar-refractivity contribution in [1.82, 2.24) is 10.6 Å². The van der Waals surface area contributed by atoms with Gasteiger partial charge in [-0.05, 0) is 39.3 Å². The van der Waals surface area contributed by atoms with Gasteiger partial charge in [0.05, 0.1) is 0 Å². The van der Waals surface area contributed by atoms with Crippen LogP contribution in [-0.4, -0.2) is 53.4 Å². The molecule has 0 aromatic heterocycles. The predicted molar refractivity (Wildman–Crippen MR) is 120 cm³/mol. The van der Waals surface area contributed by atoms with Crippen molar-refractivity contribution in [3.05, 3.63) is 29.8 Å². The van der Waals surface area contributed by atoms with Gasteiger partial charge >= 0.3 is 0 Å². The maximum atomic E-state index is 13.9. The molecule has 2 unspecified atom stereocenters. The van der Waals surface area contributed by atoms with E-state index in [1.165, 1.54) is 18.2 Å². The molecule has 27 heavy (non-hydrogen) atoms. The summed E-state index contributed by atoms with van der Waals surface area (Å²) in [4.78, 5) is 5.88. The molecule has 2 rings (SSSR count). The lowest BCUT2D eigenvalue weighted by atomic mass is 10.2. The van der Waals surface area contributed by atoms with Crippen LogP contribution in [0.25, 0.3) is 0 Å². The Labute approximate surface area is 179 Å². The first-order valence-corrected chi connectivity index (χ1v) is 10.1. The number of anilines is 1. The molecule has 1 aromatic rings. The lowest BCUT2D eigenvalue weighted by molar-refractivity contribution is 0.576. The Kier molecular flexibility index (Phi) is 9.40. The Morgan fingerprint density at radius 1 is 1.33 bits per heavy atom. The highest BCUT2D eigenvalue weighted by Crippen LogP contribution is 2.26. The summed E-state index contributed by atoms with van der Waals surface area (Å²) in [6, 6.07) is 3.95. The smallest absolute Gasteiger partial charge is 0.191 e. The first-order chi connectivity index (χ1) is 12.2. The third-order valence-corrected chi connectivity index (χ3v) is 6.21. The third kappa shape index (κ3) is 6.85. The van der Waals surface area contributed by atoms with Gasteiger partial charge in [-0.15, -0.1) is 24.0 Å². The van der Waals surface area contributed by atoms with Crippen molar-refractivity contribution in [1.29, 1.82) is 0 Å². The Balaban J connectivity index is 0.00000364. The van der Waals surface area contributed by atoms with Crippen LogP contribution >= 0.6 is 24.0 Å². The van der Waals surface area contributed by atoms with Crippen LogP contribution in [0.1, 0.15) is 27.2 Å². The minimum Gasteiger partial charge on any atom is -0.365 e. The summed E-state index contributed by atoms with van der Waals surface area (Å²) in [5.74, 6) is 0.0499. The summed E-state index contributed by atoms with van der Waals surface area (Å²) in [6.45, 7) is 7.45. The Morgan fingerprint density at radius 3 is 2.52 bits per heavy atom. The molecular weight excluding hydrogens is 485 g/mol. The second-order valence-electron chi connectivity index (χ2n) is 7.31. The fraction of sp³-hybridized carbons (Fsp3) is 0.611. The second kappa shape index (κ2) is 10.5. The lowest BCUT2D eigenvalue weighted by Gasteiger charge is -2.22. The van der Waals surface area contributed by atoms with E-state index in [0.717, 1.165) is 6.42 Å². The number of guanidine groups is 1. The van der Waals surface area contributed by atoms with Gasteiger partial charge in [0, 0.05) is 54.0 Å². The third-order valence-electron chi connectivity index (χ3n) is 4.27. The van der Waals surface area contributed by atoms with Crippen LogP contribution in [0.5, 0.6) is 0 Å². The van der Waals surface area contributed by atoms with Crippen LogP contribution in [0.2, 0.25) is 0 Å². The van der Waals surface area contributed by atoms with Crippen LogP contribution in [0, 0.1) is 11.6 Å². The predicted octanol–water partition coefficient (Wildman–Crippen LogP) is 2.87. The molecule has 2 N–H and O–H groups in total. The summed E-state index contributed by atoms with van der Waals surface area (Å²) in [7, 11) is 0.734. The fourth-order valence-electron chi connectivity index (χ4n) is 2.83. The number of halogens is 3. The van der Waals surface area contributed by atoms with E-state index in [4.69, 9.17) is 0 Å². The number of aliphatic imine (C=N–C) groups is 1. The van der Waals surface area contributed by atoms with Crippen molar-refractivity contribution < 1.29 is 13.0 Å². The van der Waals surface area contributed by atoms with E-state index in [2.05, 4.69) is 15.6 Å². The van der Waals surface area contributed by atoms with E-state index in [0.29, 0.717) is 31.3 Å². The number of rotatable bonds is 5. The van der Waals surface area contributed by atoms with E-state index >= 15 is 0 Å². The molecule has 9 heteroatoms. The van der Waals surface area contributed by atoms with Crippen molar-refractivity contribution >= 4 is 46.4 Å². The first kappa shape index (κ1) is 24.1. The topological polar surface area (TPSA) is 56.7 Å². The SMILES string of the molecule is CN=C(NCCS(=O)C(C)(C)C)NC1CCN(c2c(F)cccc2F)C1.I. The zero-order valence-electron chi connectivity index (χ0n) is 16.2. The van der Waals surface area contributed by atoms with Crippen LogP contribution < -0.4 is 15.5 Å². The maximum absolute atomic E-state index is 13.9. The largest absolute Gasteiger partial charge is 0.365 e. The van der Waals surface area contributed by atoms with Gasteiger partial charge in [0.25, 0.3) is 0 Å². The molecule has 1 saturated heterocycles. The minimum atomic E-state index is -0.932. The zero-order chi connectivity index (χ0) is 19.3. The van der Waals surface area contributed by atoms with Gasteiger partial charge in [0.1, 0.15) is 17.3 Å². The van der Waals surface area contributed by atoms with Gasteiger partial charge in [0.15, 0.2) is 5.96 Å². The van der Waals surface area contributed by atoms with Crippen molar-refractivity contribution in [2.45, 2.75) is 38.0 Å². The summed E-state index contributed by atoms with van der Waals surface area (Å²) in [5.41, 5.74) is 0.0281. The molecule has 0 bridgehead atoms. The Morgan fingerprint density at radius 2 is 1.96 bits per heavy atom. The maximum Gasteiger partial charge on any atom is 0.191 e. The van der Waals surface area contributed by atoms with Crippen LogP contribution in [0.15, 0.2) is 23.2 Å². The molecule has 0 saturated carbocycles. The van der Waals surface area contributed by atoms with Crippen molar-refractivity contribution in [2.75, 3.05) is 37.3 Å². The van der Waals surface area contributed by atoms with Crippen LogP contribution in [-0.2, 0) is 10.8 Å². The van der Waals surface area contributed by atoms with Gasteiger partial charge in [-0.3, -0.25) is 9.20 Å². The van der Waals surface area contributed by atoms with Crippen molar-refractivity contribution in [2.24, 2.45) is 4.99 Å². The molecule has 0 radical (unpaired) electrons. The highest BCUT2D eigenvalue weighted by molar-refractivity contribution is 14.0. The van der Waals surface area contributed by atoms with E-state index in [-0.39, 0.29) is 40.5 Å². The lowest BCUT2D eigenvalue weighted by Crippen LogP contribution is -2.46. The number of benzene rings is 1. The minimum absolute atomic E-state index is 0. The molecule has 1 aromatic carbocycles. The van der Waals surface area contributed by atoms with Gasteiger partial charge in [-0.2, -0.15) is 0 Å². The summed E-state index contributed by atoms with van der Waals surface area (Å²) in [6.07, 6.45) is 0.752. The molecule has 1 aliphatic heterocycles. The Bertz CT molecular complexity index is 662. The quantitative estimate of drug-likeness (QED) is 0.361. The molecule has 0 amide bonds. The van der Waals surface area contributed by atoms with E-state index < -0.39 is 22.4 Å². The standard InChI is InChI=1S/C18H28F2N4OS.HI/c1-18(2,3)26(25)11-9-22-17(21-4)23-13-8-10-24(12-13)16-14(19)6-5-7-15(16)20;/h5-7,13H,8-12H2,1-4H3,(H2,21,22,23);1H. The highest BCUT2D eigenvalue weighted by Gasteiger charge is 2.27. The molecule has 1 fully saturated rings. The van der Waals surface area contributed by atoms with E-state index in [1.54, 1.807) is 11.9 Å². The summed E-state index contributed by atoms with van der Waals surface area (Å²) < 4.78 is 39.7. The molecule has 154 valence electrons. The number of hydrogen-bond donors (Lipinski definition) is 2. The summed E-state index contributed by atoms with van der Waals surface area (Å²) in [5, 5.41) is 6.43. The van der Waals surface area contributed by atoms with Crippen molar-refractivity contribution in [3.63, 3.8) is 0 Å². The zero-order valence-corrected chi connectivity index (χ0v) is 19.4. The first-order valence-electron chi connectivity index (χ1n) is 8.77. The molecule has 1 aliphatic rings. The number of para-hydroxylation sites is 1. The van der Waals surface area contributed by atoms with E-state index in [1.807, 2.05) is 20.8 Å². The van der Waals surface area contributed by atoms with Gasteiger partial charge in [0.2, 0.25) is 0 Å². The molecule has 0 spiro atoms. The molecular formula is C18H29F2IN4OS. The van der Waals surface area contributed by atoms with Crippen molar-refractivity contribution in [3.8, 4) is 0 Å². The average Bonchev–Trinajstić information content (AvgIpc) is 3.00. The molecule has 1 heterocycles. The Hall–Kier alpha value is -0.970. The van der Waals surface area contributed by atoms with Crippen LogP contribution in [0.3, 0.4) is 0 Å². The summed E-state index contributed by atoms with van der Waals surface area (Å²) >= 11 is 0.